The van der Waals surface area contributed by atoms with E-state index in [0.717, 1.165) is 37.3 Å². The Morgan fingerprint density at radius 1 is 1.17 bits per heavy atom. The number of benzene rings is 1. The van der Waals surface area contributed by atoms with Crippen LogP contribution in [-0.4, -0.2) is 19.2 Å². The lowest BCUT2D eigenvalue weighted by molar-refractivity contribution is 0.263. The van der Waals surface area contributed by atoms with Crippen LogP contribution in [0.25, 0.3) is 0 Å². The molecule has 0 radical (unpaired) electrons. The number of nitrogens with one attached hydrogen (secondary N) is 1. The van der Waals surface area contributed by atoms with Crippen LogP contribution in [-0.2, 0) is 0 Å². The second kappa shape index (κ2) is 7.42. The smallest absolute Gasteiger partial charge is 0.119 e. The molecule has 0 spiro atoms. The van der Waals surface area contributed by atoms with Crippen molar-refractivity contribution in [3.05, 3.63) is 30.3 Å². The second-order valence-electron chi connectivity index (χ2n) is 5.34. The summed E-state index contributed by atoms with van der Waals surface area (Å²) < 4.78 is 5.68. The molecule has 1 aliphatic carbocycles. The maximum atomic E-state index is 5.68. The van der Waals surface area contributed by atoms with Gasteiger partial charge in [-0.05, 0) is 43.9 Å². The molecule has 1 aliphatic rings. The van der Waals surface area contributed by atoms with Gasteiger partial charge in [0.25, 0.3) is 0 Å². The van der Waals surface area contributed by atoms with E-state index in [0.29, 0.717) is 0 Å². The van der Waals surface area contributed by atoms with Crippen molar-refractivity contribution in [3.8, 4) is 5.75 Å². The Kier molecular flexibility index (Phi) is 5.53. The van der Waals surface area contributed by atoms with Crippen molar-refractivity contribution >= 4 is 0 Å². The van der Waals surface area contributed by atoms with Gasteiger partial charge >= 0.3 is 0 Å². The minimum atomic E-state index is 0.732. The molecule has 0 aromatic heterocycles. The predicted molar refractivity (Wildman–Crippen MR) is 76.0 cm³/mol. The highest BCUT2D eigenvalue weighted by Crippen LogP contribution is 2.23. The van der Waals surface area contributed by atoms with E-state index in [1.807, 2.05) is 30.3 Å². The third kappa shape index (κ3) is 4.34. The van der Waals surface area contributed by atoms with Crippen LogP contribution >= 0.6 is 0 Å². The first-order chi connectivity index (χ1) is 8.86. The maximum absolute atomic E-state index is 5.68. The van der Waals surface area contributed by atoms with E-state index in [1.54, 1.807) is 0 Å². The van der Waals surface area contributed by atoms with Crippen LogP contribution in [0.5, 0.6) is 5.75 Å². The summed E-state index contributed by atoms with van der Waals surface area (Å²) in [5.74, 6) is 1.82. The fraction of sp³-hybridized carbons (Fsp3) is 0.625. The molecule has 1 saturated carbocycles. The second-order valence-corrected chi connectivity index (χ2v) is 5.34. The molecule has 0 bridgehead atoms. The molecule has 1 N–H and O–H groups in total. The van der Waals surface area contributed by atoms with E-state index in [4.69, 9.17) is 4.74 Å². The molecule has 2 atom stereocenters. The first-order valence-corrected chi connectivity index (χ1v) is 7.27. The Morgan fingerprint density at radius 3 is 2.72 bits per heavy atom. The van der Waals surface area contributed by atoms with Crippen molar-refractivity contribution in [2.45, 2.75) is 45.1 Å². The fourth-order valence-corrected chi connectivity index (χ4v) is 2.69. The van der Waals surface area contributed by atoms with Crippen LogP contribution in [0.1, 0.15) is 39.0 Å². The molecule has 1 aromatic rings. The van der Waals surface area contributed by atoms with Crippen molar-refractivity contribution in [2.24, 2.45) is 5.92 Å². The summed E-state index contributed by atoms with van der Waals surface area (Å²) in [7, 11) is 0. The van der Waals surface area contributed by atoms with E-state index in [-0.39, 0.29) is 0 Å². The van der Waals surface area contributed by atoms with Gasteiger partial charge in [-0.3, -0.25) is 0 Å². The topological polar surface area (TPSA) is 21.3 Å². The lowest BCUT2D eigenvalue weighted by atomic mass is 9.86. The molecule has 0 saturated heterocycles. The van der Waals surface area contributed by atoms with Gasteiger partial charge in [0.2, 0.25) is 0 Å². The van der Waals surface area contributed by atoms with E-state index in [1.165, 1.54) is 25.7 Å². The molecule has 2 rings (SSSR count). The van der Waals surface area contributed by atoms with Crippen LogP contribution in [0.3, 0.4) is 0 Å². The highest BCUT2D eigenvalue weighted by atomic mass is 16.5. The van der Waals surface area contributed by atoms with Gasteiger partial charge in [0, 0.05) is 6.04 Å². The summed E-state index contributed by atoms with van der Waals surface area (Å²) in [5.41, 5.74) is 0. The average molecular weight is 247 g/mol. The largest absolute Gasteiger partial charge is 0.494 e. The lowest BCUT2D eigenvalue weighted by Gasteiger charge is -2.29. The average Bonchev–Trinajstić information content (AvgIpc) is 2.42. The number of ether oxygens (including phenoxy) is 1. The summed E-state index contributed by atoms with van der Waals surface area (Å²) in [6.07, 6.45) is 6.62. The van der Waals surface area contributed by atoms with Gasteiger partial charge in [0.1, 0.15) is 5.75 Å². The minimum Gasteiger partial charge on any atom is -0.494 e. The zero-order chi connectivity index (χ0) is 12.6. The summed E-state index contributed by atoms with van der Waals surface area (Å²) in [5, 5.41) is 3.68. The zero-order valence-corrected chi connectivity index (χ0v) is 11.4. The van der Waals surface area contributed by atoms with Gasteiger partial charge in [0.15, 0.2) is 0 Å². The Morgan fingerprint density at radius 2 is 1.94 bits per heavy atom. The van der Waals surface area contributed by atoms with Gasteiger partial charge in [-0.1, -0.05) is 38.0 Å². The molecule has 2 unspecified atom stereocenters. The number of para-hydroxylation sites is 1. The highest BCUT2D eigenvalue weighted by molar-refractivity contribution is 5.20. The molecule has 1 fully saturated rings. The monoisotopic (exact) mass is 247 g/mol. The molecule has 2 heteroatoms. The van der Waals surface area contributed by atoms with Crippen LogP contribution < -0.4 is 10.1 Å². The van der Waals surface area contributed by atoms with Gasteiger partial charge in [-0.25, -0.2) is 0 Å². The molecule has 0 aliphatic heterocycles. The molecule has 0 heterocycles. The third-order valence-corrected chi connectivity index (χ3v) is 3.85. The predicted octanol–water partition coefficient (Wildman–Crippen LogP) is 3.62. The van der Waals surface area contributed by atoms with Crippen molar-refractivity contribution in [2.75, 3.05) is 13.2 Å². The number of hydrogen-bond donors (Lipinski definition) is 1. The standard InChI is InChI=1S/C16H25NO/c1-14-8-5-6-11-16(14)17-12-7-13-18-15-9-3-2-4-10-15/h2-4,9-10,14,16-17H,5-8,11-13H2,1H3. The highest BCUT2D eigenvalue weighted by Gasteiger charge is 2.19. The maximum Gasteiger partial charge on any atom is 0.119 e. The molecular formula is C16H25NO. The van der Waals surface area contributed by atoms with Gasteiger partial charge in [-0.15, -0.1) is 0 Å². The molecule has 100 valence electrons. The zero-order valence-electron chi connectivity index (χ0n) is 11.4. The first kappa shape index (κ1) is 13.4. The Balaban J connectivity index is 1.56. The van der Waals surface area contributed by atoms with Gasteiger partial charge in [-0.2, -0.15) is 0 Å². The summed E-state index contributed by atoms with van der Waals surface area (Å²) in [4.78, 5) is 0. The quantitative estimate of drug-likeness (QED) is 0.775. The van der Waals surface area contributed by atoms with Crippen molar-refractivity contribution in [1.29, 1.82) is 0 Å². The van der Waals surface area contributed by atoms with Gasteiger partial charge < -0.3 is 10.1 Å². The van der Waals surface area contributed by atoms with E-state index in [2.05, 4.69) is 12.2 Å². The number of rotatable bonds is 6. The van der Waals surface area contributed by atoms with Crippen LogP contribution in [0.15, 0.2) is 30.3 Å². The normalized spacial score (nSPS) is 23.8. The molecular weight excluding hydrogens is 222 g/mol. The van der Waals surface area contributed by atoms with E-state index >= 15 is 0 Å². The lowest BCUT2D eigenvalue weighted by Crippen LogP contribution is -2.38. The summed E-state index contributed by atoms with van der Waals surface area (Å²) in [6, 6.07) is 10.8. The van der Waals surface area contributed by atoms with Crippen molar-refractivity contribution < 1.29 is 4.74 Å². The minimum absolute atomic E-state index is 0.732. The SMILES string of the molecule is CC1CCCCC1NCCCOc1ccccc1. The van der Waals surface area contributed by atoms with Crippen LogP contribution in [0.4, 0.5) is 0 Å². The number of hydrogen-bond acceptors (Lipinski definition) is 2. The summed E-state index contributed by atoms with van der Waals surface area (Å²) >= 11 is 0. The van der Waals surface area contributed by atoms with Gasteiger partial charge in [0.05, 0.1) is 6.61 Å². The molecule has 1 aromatic carbocycles. The molecule has 2 nitrogen and oxygen atoms in total. The Hall–Kier alpha value is -1.02. The van der Waals surface area contributed by atoms with Crippen LogP contribution in [0, 0.1) is 5.92 Å². The molecule has 18 heavy (non-hydrogen) atoms. The van der Waals surface area contributed by atoms with Crippen molar-refractivity contribution in [1.82, 2.24) is 5.32 Å². The third-order valence-electron chi connectivity index (χ3n) is 3.85. The van der Waals surface area contributed by atoms with E-state index < -0.39 is 0 Å². The fourth-order valence-electron chi connectivity index (χ4n) is 2.69. The molecule has 0 amide bonds. The first-order valence-electron chi connectivity index (χ1n) is 7.27. The van der Waals surface area contributed by atoms with Crippen LogP contribution in [0.2, 0.25) is 0 Å². The Labute approximate surface area is 111 Å². The van der Waals surface area contributed by atoms with E-state index in [9.17, 15) is 0 Å². The Bertz CT molecular complexity index is 325. The van der Waals surface area contributed by atoms with Crippen molar-refractivity contribution in [3.63, 3.8) is 0 Å². The summed E-state index contributed by atoms with van der Waals surface area (Å²) in [6.45, 7) is 4.25.